The number of benzene rings is 1. The molecule has 0 aliphatic heterocycles. The van der Waals surface area contributed by atoms with Gasteiger partial charge in [0.2, 0.25) is 0 Å². The van der Waals surface area contributed by atoms with Crippen LogP contribution in [0.2, 0.25) is 0 Å². The van der Waals surface area contributed by atoms with Gasteiger partial charge in [-0.1, -0.05) is 12.0 Å². The Morgan fingerprint density at radius 3 is 3.00 bits per heavy atom. The quantitative estimate of drug-likeness (QED) is 0.680. The highest BCUT2D eigenvalue weighted by atomic mass is 16.5. The summed E-state index contributed by atoms with van der Waals surface area (Å²) in [6, 6.07) is 6.89. The topological polar surface area (TPSA) is 64.1 Å². The standard InChI is InChI=1S/C15H13N3O2/c1-3-11(2)20-15(19)12-5-4-6-13(9-12)18-14-10-16-7-8-17-14/h1,4-11H,2H3,(H,17,18). The maximum Gasteiger partial charge on any atom is 0.339 e. The van der Waals surface area contributed by atoms with Crippen molar-refractivity contribution in [1.82, 2.24) is 9.97 Å². The van der Waals surface area contributed by atoms with Gasteiger partial charge in [-0.3, -0.25) is 4.98 Å². The molecule has 0 aliphatic carbocycles. The molecule has 0 aliphatic rings. The van der Waals surface area contributed by atoms with Crippen molar-refractivity contribution in [2.75, 3.05) is 5.32 Å². The Morgan fingerprint density at radius 1 is 1.45 bits per heavy atom. The second-order valence-corrected chi connectivity index (χ2v) is 4.01. The smallest absolute Gasteiger partial charge is 0.339 e. The van der Waals surface area contributed by atoms with Crippen molar-refractivity contribution in [3.8, 4) is 12.3 Å². The second kappa shape index (κ2) is 6.34. The molecule has 0 bridgehead atoms. The highest BCUT2D eigenvalue weighted by molar-refractivity contribution is 5.91. The van der Waals surface area contributed by atoms with Crippen molar-refractivity contribution < 1.29 is 9.53 Å². The summed E-state index contributed by atoms with van der Waals surface area (Å²) in [5.74, 6) is 2.48. The van der Waals surface area contributed by atoms with E-state index in [9.17, 15) is 4.79 Å². The number of esters is 1. The molecule has 1 heterocycles. The first-order chi connectivity index (χ1) is 9.69. The zero-order valence-corrected chi connectivity index (χ0v) is 10.9. The Morgan fingerprint density at radius 2 is 2.30 bits per heavy atom. The Balaban J connectivity index is 2.12. The first kappa shape index (κ1) is 13.6. The summed E-state index contributed by atoms with van der Waals surface area (Å²) in [5, 5.41) is 3.04. The zero-order chi connectivity index (χ0) is 14.4. The monoisotopic (exact) mass is 267 g/mol. The summed E-state index contributed by atoms with van der Waals surface area (Å²) < 4.78 is 5.06. The number of aromatic nitrogens is 2. The summed E-state index contributed by atoms with van der Waals surface area (Å²) in [6.45, 7) is 1.64. The molecule has 1 atom stereocenters. The third-order valence-electron chi connectivity index (χ3n) is 2.45. The molecule has 100 valence electrons. The lowest BCUT2D eigenvalue weighted by Gasteiger charge is -2.09. The maximum atomic E-state index is 11.8. The summed E-state index contributed by atoms with van der Waals surface area (Å²) in [4.78, 5) is 19.9. The highest BCUT2D eigenvalue weighted by Gasteiger charge is 2.10. The van der Waals surface area contributed by atoms with E-state index in [0.717, 1.165) is 0 Å². The third-order valence-corrected chi connectivity index (χ3v) is 2.45. The molecule has 0 saturated heterocycles. The molecular formula is C15H13N3O2. The molecule has 0 spiro atoms. The molecule has 1 unspecified atom stereocenters. The predicted molar refractivity (Wildman–Crippen MR) is 75.5 cm³/mol. The fraction of sp³-hybridized carbons (Fsp3) is 0.133. The largest absolute Gasteiger partial charge is 0.446 e. The van der Waals surface area contributed by atoms with E-state index in [1.165, 1.54) is 0 Å². The van der Waals surface area contributed by atoms with E-state index >= 15 is 0 Å². The molecule has 20 heavy (non-hydrogen) atoms. The minimum Gasteiger partial charge on any atom is -0.446 e. The lowest BCUT2D eigenvalue weighted by atomic mass is 10.2. The van der Waals surface area contributed by atoms with Crippen LogP contribution in [-0.4, -0.2) is 22.0 Å². The molecule has 0 amide bonds. The Hall–Kier alpha value is -2.87. The average Bonchev–Trinajstić information content (AvgIpc) is 2.48. The van der Waals surface area contributed by atoms with Crippen LogP contribution in [0.25, 0.3) is 0 Å². The molecule has 5 nitrogen and oxygen atoms in total. The van der Waals surface area contributed by atoms with Crippen LogP contribution in [0.3, 0.4) is 0 Å². The van der Waals surface area contributed by atoms with Crippen molar-refractivity contribution in [3.63, 3.8) is 0 Å². The number of hydrogen-bond donors (Lipinski definition) is 1. The van der Waals surface area contributed by atoms with Crippen LogP contribution in [-0.2, 0) is 4.74 Å². The van der Waals surface area contributed by atoms with Crippen molar-refractivity contribution in [1.29, 1.82) is 0 Å². The van der Waals surface area contributed by atoms with Crippen LogP contribution < -0.4 is 5.32 Å². The molecule has 0 fully saturated rings. The van der Waals surface area contributed by atoms with Gasteiger partial charge in [0.05, 0.1) is 11.8 Å². The number of ether oxygens (including phenoxy) is 1. The SMILES string of the molecule is C#CC(C)OC(=O)c1cccc(Nc2cnccn2)c1. The summed E-state index contributed by atoms with van der Waals surface area (Å²) in [5.41, 5.74) is 1.13. The maximum absolute atomic E-state index is 11.8. The van der Waals surface area contributed by atoms with E-state index in [2.05, 4.69) is 21.2 Å². The molecule has 2 rings (SSSR count). The van der Waals surface area contributed by atoms with Crippen LogP contribution in [0, 0.1) is 12.3 Å². The Bertz CT molecular complexity index is 635. The van der Waals surface area contributed by atoms with Gasteiger partial charge < -0.3 is 10.1 Å². The summed E-state index contributed by atoms with van der Waals surface area (Å²) in [7, 11) is 0. The Labute approximate surface area is 117 Å². The molecular weight excluding hydrogens is 254 g/mol. The van der Waals surface area contributed by atoms with Crippen LogP contribution in [0.1, 0.15) is 17.3 Å². The first-order valence-corrected chi connectivity index (χ1v) is 5.99. The van der Waals surface area contributed by atoms with Gasteiger partial charge >= 0.3 is 5.97 Å². The summed E-state index contributed by atoms with van der Waals surface area (Å²) in [6.07, 6.45) is 9.37. The fourth-order valence-corrected chi connectivity index (χ4v) is 1.50. The predicted octanol–water partition coefficient (Wildman–Crippen LogP) is 2.40. The van der Waals surface area contributed by atoms with E-state index in [0.29, 0.717) is 17.1 Å². The number of anilines is 2. The minimum atomic E-state index is -0.556. The number of carbonyl (C=O) groups excluding carboxylic acids is 1. The van der Waals surface area contributed by atoms with Crippen molar-refractivity contribution in [2.45, 2.75) is 13.0 Å². The van der Waals surface area contributed by atoms with Crippen molar-refractivity contribution in [2.24, 2.45) is 0 Å². The van der Waals surface area contributed by atoms with Crippen LogP contribution in [0.4, 0.5) is 11.5 Å². The van der Waals surface area contributed by atoms with E-state index in [-0.39, 0.29) is 0 Å². The molecule has 1 N–H and O–H groups in total. The van der Waals surface area contributed by atoms with Gasteiger partial charge in [0.25, 0.3) is 0 Å². The molecule has 2 aromatic rings. The molecule has 1 aromatic carbocycles. The number of rotatable bonds is 4. The van der Waals surface area contributed by atoms with Crippen molar-refractivity contribution >= 4 is 17.5 Å². The normalized spacial score (nSPS) is 11.2. The first-order valence-electron chi connectivity index (χ1n) is 5.99. The lowest BCUT2D eigenvalue weighted by molar-refractivity contribution is 0.0439. The van der Waals surface area contributed by atoms with E-state index in [4.69, 9.17) is 11.2 Å². The Kier molecular flexibility index (Phi) is 4.30. The molecule has 5 heteroatoms. The molecule has 1 aromatic heterocycles. The van der Waals surface area contributed by atoms with E-state index < -0.39 is 12.1 Å². The van der Waals surface area contributed by atoms with Crippen LogP contribution in [0.15, 0.2) is 42.9 Å². The number of carbonyl (C=O) groups is 1. The number of nitrogens with zero attached hydrogens (tertiary/aromatic N) is 2. The van der Waals surface area contributed by atoms with Gasteiger partial charge in [-0.25, -0.2) is 9.78 Å². The number of terminal acetylenes is 1. The number of nitrogens with one attached hydrogen (secondary N) is 1. The molecule has 0 radical (unpaired) electrons. The fourth-order valence-electron chi connectivity index (χ4n) is 1.50. The average molecular weight is 267 g/mol. The lowest BCUT2D eigenvalue weighted by Crippen LogP contribution is -2.13. The van der Waals surface area contributed by atoms with Crippen LogP contribution >= 0.6 is 0 Å². The van der Waals surface area contributed by atoms with Gasteiger partial charge in [0.15, 0.2) is 6.10 Å². The van der Waals surface area contributed by atoms with Crippen molar-refractivity contribution in [3.05, 3.63) is 48.4 Å². The third kappa shape index (κ3) is 3.56. The number of hydrogen-bond acceptors (Lipinski definition) is 5. The van der Waals surface area contributed by atoms with Gasteiger partial charge in [-0.05, 0) is 25.1 Å². The van der Waals surface area contributed by atoms with Gasteiger partial charge in [-0.2, -0.15) is 0 Å². The van der Waals surface area contributed by atoms with Gasteiger partial charge in [0.1, 0.15) is 5.82 Å². The molecule has 0 saturated carbocycles. The van der Waals surface area contributed by atoms with E-state index in [1.807, 2.05) is 6.07 Å². The zero-order valence-electron chi connectivity index (χ0n) is 10.9. The van der Waals surface area contributed by atoms with Crippen LogP contribution in [0.5, 0.6) is 0 Å². The van der Waals surface area contributed by atoms with Gasteiger partial charge in [-0.15, -0.1) is 6.42 Å². The van der Waals surface area contributed by atoms with E-state index in [1.54, 1.807) is 43.7 Å². The van der Waals surface area contributed by atoms with Gasteiger partial charge in [0, 0.05) is 18.1 Å². The highest BCUT2D eigenvalue weighted by Crippen LogP contribution is 2.16. The second-order valence-electron chi connectivity index (χ2n) is 4.01. The summed E-state index contributed by atoms with van der Waals surface area (Å²) >= 11 is 0. The minimum absolute atomic E-state index is 0.418.